The van der Waals surface area contributed by atoms with Crippen molar-refractivity contribution in [2.75, 3.05) is 11.4 Å². The summed E-state index contributed by atoms with van der Waals surface area (Å²) in [6, 6.07) is 3.88. The number of hydrogen-bond acceptors (Lipinski definition) is 3. The van der Waals surface area contributed by atoms with E-state index < -0.39 is 0 Å². The Morgan fingerprint density at radius 2 is 2.31 bits per heavy atom. The average molecular weight is 241 g/mol. The van der Waals surface area contributed by atoms with Crippen molar-refractivity contribution >= 4 is 23.3 Å². The van der Waals surface area contributed by atoms with E-state index in [1.807, 2.05) is 11.0 Å². The lowest BCUT2D eigenvalue weighted by atomic mass is 10.2. The van der Waals surface area contributed by atoms with Gasteiger partial charge < -0.3 is 10.6 Å². The van der Waals surface area contributed by atoms with E-state index in [4.69, 9.17) is 22.7 Å². The van der Waals surface area contributed by atoms with Gasteiger partial charge in [0.15, 0.2) is 0 Å². The van der Waals surface area contributed by atoms with Crippen LogP contribution >= 0.6 is 11.6 Å². The Labute approximate surface area is 101 Å². The molecule has 1 aromatic rings. The van der Waals surface area contributed by atoms with Crippen molar-refractivity contribution in [3.8, 4) is 0 Å². The number of nitrogens with zero attached hydrogens (tertiary/aromatic N) is 2. The smallest absolute Gasteiger partial charge is 0.147 e. The van der Waals surface area contributed by atoms with Crippen LogP contribution in [-0.4, -0.2) is 23.4 Å². The third kappa shape index (κ3) is 3.38. The molecule has 0 bridgehead atoms. The van der Waals surface area contributed by atoms with E-state index in [-0.39, 0.29) is 11.9 Å². The van der Waals surface area contributed by atoms with E-state index in [1.54, 1.807) is 12.3 Å². The highest BCUT2D eigenvalue weighted by Crippen LogP contribution is 2.24. The number of hydrogen-bond donors (Lipinski definition) is 2. The molecule has 0 unspecified atom stereocenters. The van der Waals surface area contributed by atoms with Gasteiger partial charge in [-0.25, -0.2) is 4.98 Å². The molecule has 0 atom stereocenters. The molecule has 0 aliphatic rings. The van der Waals surface area contributed by atoms with Gasteiger partial charge >= 0.3 is 0 Å². The highest BCUT2D eigenvalue weighted by Gasteiger charge is 2.14. The Hall–Kier alpha value is -1.29. The summed E-state index contributed by atoms with van der Waals surface area (Å²) >= 11 is 6.09. The molecule has 3 N–H and O–H groups in total. The fraction of sp³-hybridized carbons (Fsp3) is 0.455. The van der Waals surface area contributed by atoms with Gasteiger partial charge in [-0.05, 0) is 26.0 Å². The minimum Gasteiger partial charge on any atom is -0.388 e. The lowest BCUT2D eigenvalue weighted by molar-refractivity contribution is 0.679. The number of amidine groups is 1. The molecule has 1 rings (SSSR count). The van der Waals surface area contributed by atoms with E-state index >= 15 is 0 Å². The van der Waals surface area contributed by atoms with Crippen LogP contribution in [0.25, 0.3) is 0 Å². The second-order valence-corrected chi connectivity index (χ2v) is 4.28. The standard InChI is InChI=1S/C11H17ClN4/c1-8(2)16(7-5-10(13)14)11-9(12)4-3-6-15-11/h3-4,6,8H,5,7H2,1-2H3,(H3,13,14). The van der Waals surface area contributed by atoms with Gasteiger partial charge in [-0.3, -0.25) is 5.41 Å². The summed E-state index contributed by atoms with van der Waals surface area (Å²) in [6.45, 7) is 4.78. The summed E-state index contributed by atoms with van der Waals surface area (Å²) in [5, 5.41) is 7.87. The van der Waals surface area contributed by atoms with Gasteiger partial charge in [-0.1, -0.05) is 11.6 Å². The first-order valence-corrected chi connectivity index (χ1v) is 5.60. The van der Waals surface area contributed by atoms with Crippen molar-refractivity contribution in [3.63, 3.8) is 0 Å². The minimum atomic E-state index is 0.178. The molecule has 0 aliphatic carbocycles. The molecule has 1 aromatic heterocycles. The van der Waals surface area contributed by atoms with Crippen LogP contribution in [0.2, 0.25) is 5.02 Å². The van der Waals surface area contributed by atoms with Crippen LogP contribution in [0.5, 0.6) is 0 Å². The summed E-state index contributed by atoms with van der Waals surface area (Å²) in [5.74, 6) is 0.929. The molecule has 0 saturated carbocycles. The first-order valence-electron chi connectivity index (χ1n) is 5.22. The maximum absolute atomic E-state index is 7.24. The Morgan fingerprint density at radius 3 is 2.81 bits per heavy atom. The molecule has 0 aromatic carbocycles. The fourth-order valence-corrected chi connectivity index (χ4v) is 1.67. The van der Waals surface area contributed by atoms with Crippen molar-refractivity contribution in [3.05, 3.63) is 23.4 Å². The molecule has 0 fully saturated rings. The van der Waals surface area contributed by atoms with Gasteiger partial charge in [0.25, 0.3) is 0 Å². The molecule has 0 saturated heterocycles. The zero-order valence-electron chi connectivity index (χ0n) is 9.57. The highest BCUT2D eigenvalue weighted by molar-refractivity contribution is 6.32. The van der Waals surface area contributed by atoms with Gasteiger partial charge in [-0.2, -0.15) is 0 Å². The van der Waals surface area contributed by atoms with E-state index in [0.717, 1.165) is 5.82 Å². The maximum Gasteiger partial charge on any atom is 0.147 e. The summed E-state index contributed by atoms with van der Waals surface area (Å²) in [5.41, 5.74) is 5.36. The van der Waals surface area contributed by atoms with Crippen LogP contribution in [0.1, 0.15) is 20.3 Å². The average Bonchev–Trinajstić information content (AvgIpc) is 2.20. The predicted octanol–water partition coefficient (Wildman–Crippen LogP) is 2.28. The van der Waals surface area contributed by atoms with Crippen molar-refractivity contribution in [1.29, 1.82) is 5.41 Å². The molecule has 0 amide bonds. The van der Waals surface area contributed by atoms with Crippen molar-refractivity contribution in [2.24, 2.45) is 5.73 Å². The summed E-state index contributed by atoms with van der Waals surface area (Å²) in [6.07, 6.45) is 2.23. The van der Waals surface area contributed by atoms with E-state index in [9.17, 15) is 0 Å². The lowest BCUT2D eigenvalue weighted by Gasteiger charge is -2.28. The third-order valence-electron chi connectivity index (χ3n) is 2.26. The molecule has 5 heteroatoms. The van der Waals surface area contributed by atoms with Crippen LogP contribution in [0.4, 0.5) is 5.82 Å². The Balaban J connectivity index is 2.85. The maximum atomic E-state index is 7.24. The normalized spacial score (nSPS) is 10.5. The Morgan fingerprint density at radius 1 is 1.62 bits per heavy atom. The molecular formula is C11H17ClN4. The third-order valence-corrected chi connectivity index (χ3v) is 2.55. The second-order valence-electron chi connectivity index (χ2n) is 3.87. The zero-order valence-corrected chi connectivity index (χ0v) is 10.3. The summed E-state index contributed by atoms with van der Waals surface area (Å²) in [7, 11) is 0. The van der Waals surface area contributed by atoms with Gasteiger partial charge in [0.1, 0.15) is 5.82 Å². The molecule has 16 heavy (non-hydrogen) atoms. The number of halogens is 1. The van der Waals surface area contributed by atoms with Crippen LogP contribution in [0.15, 0.2) is 18.3 Å². The van der Waals surface area contributed by atoms with E-state index in [1.165, 1.54) is 0 Å². The Bertz CT molecular complexity index is 365. The highest BCUT2D eigenvalue weighted by atomic mass is 35.5. The van der Waals surface area contributed by atoms with Crippen molar-refractivity contribution in [1.82, 2.24) is 4.98 Å². The number of pyridine rings is 1. The van der Waals surface area contributed by atoms with Crippen molar-refractivity contribution in [2.45, 2.75) is 26.3 Å². The molecule has 0 aliphatic heterocycles. The summed E-state index contributed by atoms with van der Waals surface area (Å²) in [4.78, 5) is 6.31. The number of nitrogens with two attached hydrogens (primary N) is 1. The molecule has 0 spiro atoms. The van der Waals surface area contributed by atoms with Crippen molar-refractivity contribution < 1.29 is 0 Å². The fourth-order valence-electron chi connectivity index (χ4n) is 1.44. The first kappa shape index (κ1) is 12.8. The molecule has 1 heterocycles. The molecular weight excluding hydrogens is 224 g/mol. The second kappa shape index (κ2) is 5.70. The molecule has 88 valence electrons. The van der Waals surface area contributed by atoms with E-state index in [0.29, 0.717) is 18.0 Å². The SMILES string of the molecule is CC(C)N(CCC(=N)N)c1ncccc1Cl. The lowest BCUT2D eigenvalue weighted by Crippen LogP contribution is -2.34. The largest absolute Gasteiger partial charge is 0.388 e. The van der Waals surface area contributed by atoms with E-state index in [2.05, 4.69) is 18.8 Å². The minimum absolute atomic E-state index is 0.178. The number of anilines is 1. The first-order chi connectivity index (χ1) is 7.52. The van der Waals surface area contributed by atoms with Crippen LogP contribution in [0.3, 0.4) is 0 Å². The molecule has 0 radical (unpaired) electrons. The monoisotopic (exact) mass is 240 g/mol. The van der Waals surface area contributed by atoms with Gasteiger partial charge in [0.2, 0.25) is 0 Å². The van der Waals surface area contributed by atoms with Gasteiger partial charge in [-0.15, -0.1) is 0 Å². The van der Waals surface area contributed by atoms with Gasteiger partial charge in [0.05, 0.1) is 10.9 Å². The van der Waals surface area contributed by atoms with Crippen LogP contribution in [0, 0.1) is 5.41 Å². The number of aromatic nitrogens is 1. The molecule has 4 nitrogen and oxygen atoms in total. The van der Waals surface area contributed by atoms with Crippen LogP contribution in [-0.2, 0) is 0 Å². The predicted molar refractivity (Wildman–Crippen MR) is 68.3 cm³/mol. The number of rotatable bonds is 5. The van der Waals surface area contributed by atoms with Crippen LogP contribution < -0.4 is 10.6 Å². The summed E-state index contributed by atoms with van der Waals surface area (Å²) < 4.78 is 0. The topological polar surface area (TPSA) is 66.0 Å². The Kier molecular flexibility index (Phi) is 4.55. The zero-order chi connectivity index (χ0) is 12.1. The quantitative estimate of drug-likeness (QED) is 0.613. The number of nitrogens with one attached hydrogen (secondary N) is 1. The van der Waals surface area contributed by atoms with Gasteiger partial charge in [0, 0.05) is 25.2 Å².